The Morgan fingerprint density at radius 2 is 1.78 bits per heavy atom. The molecule has 1 aromatic carbocycles. The van der Waals surface area contributed by atoms with Gasteiger partial charge in [0.05, 0.1) is 7.11 Å². The molecule has 0 saturated heterocycles. The van der Waals surface area contributed by atoms with Crippen molar-refractivity contribution in [1.29, 1.82) is 0 Å². The highest BCUT2D eigenvalue weighted by Gasteiger charge is 2.26. The van der Waals surface area contributed by atoms with Crippen LogP contribution in [0, 0.1) is 0 Å². The van der Waals surface area contributed by atoms with Crippen molar-refractivity contribution in [2.75, 3.05) is 19.0 Å². The van der Waals surface area contributed by atoms with Gasteiger partial charge in [0, 0.05) is 12.2 Å². The number of fused-ring (bicyclic) bond motifs is 2. The minimum atomic E-state index is -0.829. The van der Waals surface area contributed by atoms with Crippen molar-refractivity contribution in [3.05, 3.63) is 28.3 Å². The van der Waals surface area contributed by atoms with Gasteiger partial charge in [0.15, 0.2) is 0 Å². The number of nitrogens with two attached hydrogens (primary N) is 1. The van der Waals surface area contributed by atoms with Gasteiger partial charge in [0.1, 0.15) is 6.04 Å². The van der Waals surface area contributed by atoms with E-state index in [1.165, 1.54) is 29.4 Å². The van der Waals surface area contributed by atoms with Crippen LogP contribution in [0.4, 0.5) is 10.5 Å². The van der Waals surface area contributed by atoms with E-state index in [1.807, 2.05) is 0 Å². The van der Waals surface area contributed by atoms with Gasteiger partial charge in [-0.1, -0.05) is 6.07 Å². The van der Waals surface area contributed by atoms with Gasteiger partial charge in [-0.05, 0) is 60.8 Å². The van der Waals surface area contributed by atoms with Gasteiger partial charge in [-0.3, -0.25) is 0 Å². The lowest BCUT2D eigenvalue weighted by atomic mass is 9.99. The molecular formula is C17H23N3O3. The number of aryl methyl sites for hydroxylation is 2. The Morgan fingerprint density at radius 3 is 2.30 bits per heavy atom. The molecule has 23 heavy (non-hydrogen) atoms. The summed E-state index contributed by atoms with van der Waals surface area (Å²) < 4.78 is 4.64. The first-order valence-corrected chi connectivity index (χ1v) is 8.16. The first kappa shape index (κ1) is 15.8. The number of hydrogen-bond donors (Lipinski definition) is 3. The van der Waals surface area contributed by atoms with Crippen LogP contribution in [0.1, 0.15) is 35.1 Å². The number of ether oxygens (including phenoxy) is 1. The third-order valence-electron chi connectivity index (χ3n) is 4.74. The molecule has 0 radical (unpaired) electrons. The van der Waals surface area contributed by atoms with E-state index in [9.17, 15) is 9.59 Å². The summed E-state index contributed by atoms with van der Waals surface area (Å²) in [6.07, 6.45) is 6.40. The second-order valence-corrected chi connectivity index (χ2v) is 6.14. The van der Waals surface area contributed by atoms with Gasteiger partial charge in [-0.25, -0.2) is 9.59 Å². The van der Waals surface area contributed by atoms with Gasteiger partial charge in [0.2, 0.25) is 0 Å². The Bertz CT molecular complexity index is 610. The molecule has 0 bridgehead atoms. The quantitative estimate of drug-likeness (QED) is 0.729. The van der Waals surface area contributed by atoms with Gasteiger partial charge >= 0.3 is 12.0 Å². The minimum absolute atomic E-state index is 0.00506. The fourth-order valence-corrected chi connectivity index (χ4v) is 3.63. The van der Waals surface area contributed by atoms with E-state index in [0.29, 0.717) is 0 Å². The highest BCUT2D eigenvalue weighted by molar-refractivity contribution is 5.94. The van der Waals surface area contributed by atoms with Crippen LogP contribution in [0.15, 0.2) is 6.07 Å². The number of nitrogens with one attached hydrogen (secondary N) is 2. The molecule has 1 atom stereocenters. The number of urea groups is 1. The van der Waals surface area contributed by atoms with E-state index < -0.39 is 18.0 Å². The summed E-state index contributed by atoms with van der Waals surface area (Å²) in [6.45, 7) is 0.00506. The summed E-state index contributed by atoms with van der Waals surface area (Å²) in [7, 11) is 1.28. The summed E-state index contributed by atoms with van der Waals surface area (Å²) in [5.41, 5.74) is 11.7. The van der Waals surface area contributed by atoms with Crippen LogP contribution in [-0.2, 0) is 35.2 Å². The number of methoxy groups -OCH3 is 1. The van der Waals surface area contributed by atoms with Gasteiger partial charge in [-0.2, -0.15) is 0 Å². The molecule has 3 rings (SSSR count). The average molecular weight is 317 g/mol. The zero-order valence-corrected chi connectivity index (χ0v) is 13.4. The second kappa shape index (κ2) is 6.58. The van der Waals surface area contributed by atoms with Crippen LogP contribution in [-0.4, -0.2) is 31.7 Å². The molecule has 2 aliphatic rings. The van der Waals surface area contributed by atoms with Crippen LogP contribution in [0.5, 0.6) is 0 Å². The topological polar surface area (TPSA) is 93.4 Å². The Morgan fingerprint density at radius 1 is 1.17 bits per heavy atom. The van der Waals surface area contributed by atoms with Crippen molar-refractivity contribution in [2.24, 2.45) is 5.73 Å². The Kier molecular flexibility index (Phi) is 4.52. The third-order valence-corrected chi connectivity index (χ3v) is 4.74. The minimum Gasteiger partial charge on any atom is -0.467 e. The van der Waals surface area contributed by atoms with Crippen molar-refractivity contribution >= 4 is 17.7 Å². The molecule has 0 unspecified atom stereocenters. The molecule has 6 heteroatoms. The van der Waals surface area contributed by atoms with Crippen LogP contribution in [0.25, 0.3) is 0 Å². The molecule has 0 heterocycles. The van der Waals surface area contributed by atoms with E-state index in [-0.39, 0.29) is 6.54 Å². The lowest BCUT2D eigenvalue weighted by Gasteiger charge is -2.19. The standard InChI is InChI=1S/C17H23N3O3/c1-23-16(21)14(9-18)19-17(22)20-15-12-6-2-4-10(12)8-11-5-3-7-13(11)15/h8,14H,2-7,9,18H2,1H3,(H2,19,20,22)/t14-/m1/s1. The molecule has 6 nitrogen and oxygen atoms in total. The molecule has 0 fully saturated rings. The van der Waals surface area contributed by atoms with Crippen LogP contribution >= 0.6 is 0 Å². The number of rotatable bonds is 4. The average Bonchev–Trinajstić information content (AvgIpc) is 3.20. The lowest BCUT2D eigenvalue weighted by Crippen LogP contribution is -2.48. The van der Waals surface area contributed by atoms with Crippen LogP contribution in [0.2, 0.25) is 0 Å². The second-order valence-electron chi connectivity index (χ2n) is 6.14. The number of anilines is 1. The fourth-order valence-electron chi connectivity index (χ4n) is 3.63. The molecule has 124 valence electrons. The van der Waals surface area contributed by atoms with Crippen LogP contribution < -0.4 is 16.4 Å². The van der Waals surface area contributed by atoms with E-state index in [2.05, 4.69) is 21.4 Å². The maximum absolute atomic E-state index is 12.3. The Labute approximate surface area is 135 Å². The highest BCUT2D eigenvalue weighted by atomic mass is 16.5. The molecule has 2 aliphatic carbocycles. The molecular weight excluding hydrogens is 294 g/mol. The summed E-state index contributed by atoms with van der Waals surface area (Å²) >= 11 is 0. The van der Waals surface area contributed by atoms with Gasteiger partial charge < -0.3 is 21.1 Å². The maximum Gasteiger partial charge on any atom is 0.329 e. The normalized spacial score (nSPS) is 16.4. The number of hydrogen-bond acceptors (Lipinski definition) is 4. The zero-order chi connectivity index (χ0) is 16.4. The third kappa shape index (κ3) is 3.03. The molecule has 0 saturated carbocycles. The van der Waals surface area contributed by atoms with E-state index >= 15 is 0 Å². The molecule has 0 aromatic heterocycles. The number of carbonyl (C=O) groups is 2. The summed E-state index contributed by atoms with van der Waals surface area (Å²) in [5.74, 6) is -0.536. The lowest BCUT2D eigenvalue weighted by molar-refractivity contribution is -0.142. The highest BCUT2D eigenvalue weighted by Crippen LogP contribution is 2.38. The number of esters is 1. The number of benzene rings is 1. The first-order chi connectivity index (χ1) is 11.1. The van der Waals surface area contributed by atoms with Crippen molar-refractivity contribution in [3.8, 4) is 0 Å². The Balaban J connectivity index is 1.80. The fraction of sp³-hybridized carbons (Fsp3) is 0.529. The molecule has 0 spiro atoms. The SMILES string of the molecule is COC(=O)[C@@H](CN)NC(=O)Nc1c2c(cc3c1CCC3)CCC2. The first-order valence-electron chi connectivity index (χ1n) is 8.16. The van der Waals surface area contributed by atoms with Crippen molar-refractivity contribution < 1.29 is 14.3 Å². The Hall–Kier alpha value is -2.08. The molecule has 1 aromatic rings. The predicted molar refractivity (Wildman–Crippen MR) is 87.5 cm³/mol. The van der Waals surface area contributed by atoms with Gasteiger partial charge in [-0.15, -0.1) is 0 Å². The number of carbonyl (C=O) groups excluding carboxylic acids is 2. The summed E-state index contributed by atoms with van der Waals surface area (Å²) in [6, 6.07) is 1.08. The monoisotopic (exact) mass is 317 g/mol. The van der Waals surface area contributed by atoms with Crippen molar-refractivity contribution in [1.82, 2.24) is 5.32 Å². The van der Waals surface area contributed by atoms with E-state index in [0.717, 1.165) is 44.2 Å². The summed E-state index contributed by atoms with van der Waals surface area (Å²) in [5, 5.41) is 5.57. The maximum atomic E-state index is 12.3. The summed E-state index contributed by atoms with van der Waals surface area (Å²) in [4.78, 5) is 23.9. The largest absolute Gasteiger partial charge is 0.467 e. The predicted octanol–water partition coefficient (Wildman–Crippen LogP) is 1.29. The molecule has 2 amide bonds. The molecule has 4 N–H and O–H groups in total. The smallest absolute Gasteiger partial charge is 0.329 e. The molecule has 0 aliphatic heterocycles. The van der Waals surface area contributed by atoms with Gasteiger partial charge in [0.25, 0.3) is 0 Å². The van der Waals surface area contributed by atoms with E-state index in [4.69, 9.17) is 5.73 Å². The number of amides is 2. The van der Waals surface area contributed by atoms with Crippen LogP contribution in [0.3, 0.4) is 0 Å². The van der Waals surface area contributed by atoms with E-state index in [1.54, 1.807) is 0 Å². The zero-order valence-electron chi connectivity index (χ0n) is 13.4. The van der Waals surface area contributed by atoms with Crippen molar-refractivity contribution in [3.63, 3.8) is 0 Å². The van der Waals surface area contributed by atoms with Crippen molar-refractivity contribution in [2.45, 2.75) is 44.6 Å².